The first-order chi connectivity index (χ1) is 10.1. The number of aromatic nitrogens is 2. The van der Waals surface area contributed by atoms with E-state index in [0.717, 1.165) is 15.2 Å². The van der Waals surface area contributed by atoms with Crippen LogP contribution in [0, 0.1) is 3.57 Å². The van der Waals surface area contributed by atoms with Crippen molar-refractivity contribution < 1.29 is 13.2 Å². The van der Waals surface area contributed by atoms with Gasteiger partial charge in [-0.25, -0.2) is 4.79 Å². The molecule has 0 aliphatic rings. The summed E-state index contributed by atoms with van der Waals surface area (Å²) in [7, 11) is 0.976. The van der Waals surface area contributed by atoms with E-state index in [2.05, 4.69) is 0 Å². The average molecular weight is 445 g/mol. The lowest BCUT2D eigenvalue weighted by Gasteiger charge is -2.14. The SMILES string of the molecule is Cn1c(C(F)(F)F)cc(=O)n(Cc2cc(Cl)ccc2I)c1=O. The van der Waals surface area contributed by atoms with E-state index in [9.17, 15) is 22.8 Å². The molecule has 0 saturated carbocycles. The molecule has 1 aromatic heterocycles. The number of rotatable bonds is 2. The Morgan fingerprint density at radius 2 is 1.86 bits per heavy atom. The topological polar surface area (TPSA) is 44.0 Å². The molecule has 0 N–H and O–H groups in total. The molecule has 0 fully saturated rings. The van der Waals surface area contributed by atoms with Crippen molar-refractivity contribution in [3.05, 3.63) is 65.0 Å². The lowest BCUT2D eigenvalue weighted by molar-refractivity contribution is -0.144. The van der Waals surface area contributed by atoms with Gasteiger partial charge in [-0.15, -0.1) is 0 Å². The van der Waals surface area contributed by atoms with E-state index in [1.54, 1.807) is 18.2 Å². The van der Waals surface area contributed by atoms with E-state index in [0.29, 0.717) is 21.2 Å². The molecule has 2 aromatic rings. The third-order valence-corrected chi connectivity index (χ3v) is 4.32. The molecule has 0 bridgehead atoms. The van der Waals surface area contributed by atoms with Crippen LogP contribution in [0.5, 0.6) is 0 Å². The van der Waals surface area contributed by atoms with Gasteiger partial charge in [0.25, 0.3) is 5.56 Å². The van der Waals surface area contributed by atoms with Gasteiger partial charge < -0.3 is 0 Å². The smallest absolute Gasteiger partial charge is 0.292 e. The fourth-order valence-corrected chi connectivity index (χ4v) is 2.62. The minimum atomic E-state index is -4.77. The number of hydrogen-bond acceptors (Lipinski definition) is 2. The Bertz CT molecular complexity index is 843. The molecule has 0 amide bonds. The summed E-state index contributed by atoms with van der Waals surface area (Å²) in [4.78, 5) is 23.9. The lowest BCUT2D eigenvalue weighted by atomic mass is 10.2. The highest BCUT2D eigenvalue weighted by Gasteiger charge is 2.34. The third kappa shape index (κ3) is 3.37. The van der Waals surface area contributed by atoms with Gasteiger partial charge in [-0.05, 0) is 46.4 Å². The zero-order valence-electron chi connectivity index (χ0n) is 11.1. The maximum absolute atomic E-state index is 12.8. The van der Waals surface area contributed by atoms with Gasteiger partial charge in [0.15, 0.2) is 0 Å². The van der Waals surface area contributed by atoms with Crippen molar-refractivity contribution in [3.63, 3.8) is 0 Å². The Kier molecular flexibility index (Phi) is 4.71. The molecule has 0 aliphatic carbocycles. The summed E-state index contributed by atoms with van der Waals surface area (Å²) in [6.45, 7) is -0.150. The Labute approximate surface area is 141 Å². The van der Waals surface area contributed by atoms with Gasteiger partial charge in [-0.1, -0.05) is 11.6 Å². The van der Waals surface area contributed by atoms with Crippen LogP contribution < -0.4 is 11.2 Å². The van der Waals surface area contributed by atoms with Gasteiger partial charge in [-0.2, -0.15) is 13.2 Å². The predicted molar refractivity (Wildman–Crippen MR) is 84.2 cm³/mol. The maximum Gasteiger partial charge on any atom is 0.431 e. The van der Waals surface area contributed by atoms with Crippen molar-refractivity contribution in [3.8, 4) is 0 Å². The molecule has 0 unspecified atom stereocenters. The van der Waals surface area contributed by atoms with Crippen LogP contribution in [0.4, 0.5) is 13.2 Å². The Morgan fingerprint density at radius 3 is 2.45 bits per heavy atom. The van der Waals surface area contributed by atoms with E-state index in [4.69, 9.17) is 11.6 Å². The van der Waals surface area contributed by atoms with Crippen LogP contribution in [-0.4, -0.2) is 9.13 Å². The van der Waals surface area contributed by atoms with Crippen molar-refractivity contribution in [1.29, 1.82) is 0 Å². The van der Waals surface area contributed by atoms with E-state index >= 15 is 0 Å². The van der Waals surface area contributed by atoms with Crippen LogP contribution in [0.2, 0.25) is 5.02 Å². The Hall–Kier alpha value is -1.29. The molecule has 118 valence electrons. The molecule has 2 rings (SSSR count). The van der Waals surface area contributed by atoms with Crippen LogP contribution in [0.25, 0.3) is 0 Å². The second-order valence-corrected chi connectivity index (χ2v) is 6.13. The van der Waals surface area contributed by atoms with E-state index < -0.39 is 23.1 Å². The van der Waals surface area contributed by atoms with Crippen molar-refractivity contribution in [2.75, 3.05) is 0 Å². The normalized spacial score (nSPS) is 11.7. The van der Waals surface area contributed by atoms with Gasteiger partial charge in [0.1, 0.15) is 5.69 Å². The van der Waals surface area contributed by atoms with Gasteiger partial charge in [-0.3, -0.25) is 13.9 Å². The molecule has 22 heavy (non-hydrogen) atoms. The molecular weight excluding hydrogens is 436 g/mol. The second-order valence-electron chi connectivity index (χ2n) is 4.53. The van der Waals surface area contributed by atoms with Crippen molar-refractivity contribution in [1.82, 2.24) is 9.13 Å². The first-order valence-electron chi connectivity index (χ1n) is 5.93. The summed E-state index contributed by atoms with van der Waals surface area (Å²) in [5.41, 5.74) is -2.74. The van der Waals surface area contributed by atoms with Crippen LogP contribution in [0.1, 0.15) is 11.3 Å². The summed E-state index contributed by atoms with van der Waals surface area (Å²) in [6.07, 6.45) is -4.77. The molecular formula is C13H9ClF3IN2O2. The van der Waals surface area contributed by atoms with E-state index in [-0.39, 0.29) is 6.54 Å². The highest BCUT2D eigenvalue weighted by Crippen LogP contribution is 2.26. The molecule has 1 aromatic carbocycles. The summed E-state index contributed by atoms with van der Waals surface area (Å²) >= 11 is 7.85. The second kappa shape index (κ2) is 6.07. The van der Waals surface area contributed by atoms with Crippen molar-refractivity contribution >= 4 is 34.2 Å². The third-order valence-electron chi connectivity index (χ3n) is 3.03. The fourth-order valence-electron chi connectivity index (χ4n) is 1.92. The van der Waals surface area contributed by atoms with Crippen molar-refractivity contribution in [2.45, 2.75) is 12.7 Å². The predicted octanol–water partition coefficient (Wildman–Crippen LogP) is 2.87. The maximum atomic E-state index is 12.8. The summed E-state index contributed by atoms with van der Waals surface area (Å²) in [5.74, 6) is 0. The number of nitrogens with zero attached hydrogens (tertiary/aromatic N) is 2. The standard InChI is InChI=1S/C13H9ClF3IN2O2/c1-19-10(13(15,16)17)5-11(21)20(12(19)22)6-7-4-8(14)2-3-9(7)18/h2-5H,6H2,1H3. The largest absolute Gasteiger partial charge is 0.431 e. The highest BCUT2D eigenvalue weighted by molar-refractivity contribution is 14.1. The fraction of sp³-hybridized carbons (Fsp3) is 0.231. The molecule has 0 saturated heterocycles. The van der Waals surface area contributed by atoms with E-state index in [1.807, 2.05) is 22.6 Å². The molecule has 0 radical (unpaired) electrons. The van der Waals surface area contributed by atoms with Gasteiger partial charge >= 0.3 is 11.9 Å². The zero-order chi connectivity index (χ0) is 16.7. The summed E-state index contributed by atoms with van der Waals surface area (Å²) in [6, 6.07) is 5.31. The highest BCUT2D eigenvalue weighted by atomic mass is 127. The van der Waals surface area contributed by atoms with Gasteiger partial charge in [0, 0.05) is 21.7 Å². The summed E-state index contributed by atoms with van der Waals surface area (Å²) in [5, 5.41) is 0.409. The minimum Gasteiger partial charge on any atom is -0.292 e. The Balaban J connectivity index is 2.59. The first kappa shape index (κ1) is 17.1. The van der Waals surface area contributed by atoms with Gasteiger partial charge in [0.2, 0.25) is 0 Å². The Morgan fingerprint density at radius 1 is 1.23 bits per heavy atom. The van der Waals surface area contributed by atoms with Crippen molar-refractivity contribution in [2.24, 2.45) is 7.05 Å². The number of alkyl halides is 3. The number of halogens is 5. The minimum absolute atomic E-state index is 0.150. The quantitative estimate of drug-likeness (QED) is 0.669. The average Bonchev–Trinajstić information content (AvgIpc) is 2.41. The van der Waals surface area contributed by atoms with Crippen LogP contribution >= 0.6 is 34.2 Å². The molecule has 9 heteroatoms. The monoisotopic (exact) mass is 444 g/mol. The van der Waals surface area contributed by atoms with E-state index in [1.165, 1.54) is 0 Å². The zero-order valence-corrected chi connectivity index (χ0v) is 14.0. The van der Waals surface area contributed by atoms with Crippen LogP contribution in [-0.2, 0) is 19.8 Å². The molecule has 1 heterocycles. The van der Waals surface area contributed by atoms with Crippen LogP contribution in [0.15, 0.2) is 33.9 Å². The molecule has 4 nitrogen and oxygen atoms in total. The molecule has 0 spiro atoms. The number of benzene rings is 1. The van der Waals surface area contributed by atoms with Crippen LogP contribution in [0.3, 0.4) is 0 Å². The lowest BCUT2D eigenvalue weighted by Crippen LogP contribution is -2.42. The van der Waals surface area contributed by atoms with Gasteiger partial charge in [0.05, 0.1) is 6.54 Å². The molecule has 0 atom stereocenters. The summed E-state index contributed by atoms with van der Waals surface area (Å²) < 4.78 is 40.2. The molecule has 0 aliphatic heterocycles. The first-order valence-corrected chi connectivity index (χ1v) is 7.39. The number of hydrogen-bond donors (Lipinski definition) is 0.